The highest BCUT2D eigenvalue weighted by molar-refractivity contribution is 5.30. The summed E-state index contributed by atoms with van der Waals surface area (Å²) in [4.78, 5) is 0. The minimum Gasteiger partial charge on any atom is -0.493 e. The summed E-state index contributed by atoms with van der Waals surface area (Å²) in [6.07, 6.45) is 2.58. The van der Waals surface area contributed by atoms with Crippen LogP contribution in [0, 0.1) is 5.92 Å². The van der Waals surface area contributed by atoms with E-state index in [4.69, 9.17) is 15.6 Å². The first kappa shape index (κ1) is 10.5. The lowest BCUT2D eigenvalue weighted by Crippen LogP contribution is -2.14. The molecule has 2 rings (SSSR count). The molecule has 0 bridgehead atoms. The van der Waals surface area contributed by atoms with Gasteiger partial charge in [0.05, 0.1) is 19.3 Å². The summed E-state index contributed by atoms with van der Waals surface area (Å²) in [5.41, 5.74) is 6.65. The molecule has 3 heteroatoms. The molecule has 1 aliphatic carbocycles. The number of aliphatic hydroxyl groups is 1. The van der Waals surface area contributed by atoms with Gasteiger partial charge in [-0.15, -0.1) is 0 Å². The third-order valence-corrected chi connectivity index (χ3v) is 2.67. The van der Waals surface area contributed by atoms with Crippen LogP contribution in [0.15, 0.2) is 24.3 Å². The van der Waals surface area contributed by atoms with Gasteiger partial charge in [-0.3, -0.25) is 0 Å². The van der Waals surface area contributed by atoms with Crippen LogP contribution in [0.1, 0.15) is 24.4 Å². The van der Waals surface area contributed by atoms with Crippen molar-refractivity contribution >= 4 is 0 Å². The SMILES string of the molecule is NC(CO)c1cccc(OCC2CC2)c1. The van der Waals surface area contributed by atoms with Crippen molar-refractivity contribution in [1.82, 2.24) is 0 Å². The van der Waals surface area contributed by atoms with E-state index in [1.807, 2.05) is 24.3 Å². The fourth-order valence-corrected chi connectivity index (χ4v) is 1.44. The molecule has 0 aromatic heterocycles. The van der Waals surface area contributed by atoms with Gasteiger partial charge in [-0.1, -0.05) is 12.1 Å². The molecule has 0 spiro atoms. The summed E-state index contributed by atoms with van der Waals surface area (Å²) >= 11 is 0. The van der Waals surface area contributed by atoms with Gasteiger partial charge in [0.25, 0.3) is 0 Å². The van der Waals surface area contributed by atoms with Crippen molar-refractivity contribution in [1.29, 1.82) is 0 Å². The Morgan fingerprint density at radius 2 is 2.27 bits per heavy atom. The Balaban J connectivity index is 1.97. The molecule has 0 radical (unpaired) electrons. The first-order valence-corrected chi connectivity index (χ1v) is 5.39. The number of benzene rings is 1. The average molecular weight is 207 g/mol. The molecule has 0 amide bonds. The normalized spacial score (nSPS) is 17.5. The molecular formula is C12H17NO2. The zero-order chi connectivity index (χ0) is 10.7. The van der Waals surface area contributed by atoms with E-state index in [0.29, 0.717) is 0 Å². The second-order valence-electron chi connectivity index (χ2n) is 4.12. The molecule has 15 heavy (non-hydrogen) atoms. The van der Waals surface area contributed by atoms with Gasteiger partial charge in [-0.2, -0.15) is 0 Å². The number of hydrogen-bond acceptors (Lipinski definition) is 3. The van der Waals surface area contributed by atoms with Crippen LogP contribution >= 0.6 is 0 Å². The van der Waals surface area contributed by atoms with Gasteiger partial charge in [-0.05, 0) is 36.5 Å². The largest absolute Gasteiger partial charge is 0.493 e. The van der Waals surface area contributed by atoms with Gasteiger partial charge >= 0.3 is 0 Å². The zero-order valence-corrected chi connectivity index (χ0v) is 8.73. The third-order valence-electron chi connectivity index (χ3n) is 2.67. The highest BCUT2D eigenvalue weighted by Crippen LogP contribution is 2.29. The van der Waals surface area contributed by atoms with Gasteiger partial charge in [0, 0.05) is 0 Å². The lowest BCUT2D eigenvalue weighted by molar-refractivity contribution is 0.267. The Labute approximate surface area is 89.9 Å². The Bertz CT molecular complexity index is 323. The topological polar surface area (TPSA) is 55.5 Å². The lowest BCUT2D eigenvalue weighted by atomic mass is 10.1. The van der Waals surface area contributed by atoms with Crippen molar-refractivity contribution in [3.8, 4) is 5.75 Å². The molecule has 1 fully saturated rings. The summed E-state index contributed by atoms with van der Waals surface area (Å²) < 4.78 is 5.63. The maximum Gasteiger partial charge on any atom is 0.119 e. The number of rotatable bonds is 5. The summed E-state index contributed by atoms with van der Waals surface area (Å²) in [5.74, 6) is 1.60. The molecule has 3 N–H and O–H groups in total. The maximum atomic E-state index is 8.94. The quantitative estimate of drug-likeness (QED) is 0.768. The molecule has 1 aromatic rings. The van der Waals surface area contributed by atoms with Crippen LogP contribution in [0.3, 0.4) is 0 Å². The zero-order valence-electron chi connectivity index (χ0n) is 8.73. The first-order chi connectivity index (χ1) is 7.29. The third kappa shape index (κ3) is 2.94. The van der Waals surface area contributed by atoms with Gasteiger partial charge in [0.1, 0.15) is 5.75 Å². The van der Waals surface area contributed by atoms with Gasteiger partial charge < -0.3 is 15.6 Å². The molecule has 1 unspecified atom stereocenters. The van der Waals surface area contributed by atoms with E-state index in [1.54, 1.807) is 0 Å². The predicted octanol–water partition coefficient (Wildman–Crippen LogP) is 1.47. The Hall–Kier alpha value is -1.06. The summed E-state index contributed by atoms with van der Waals surface area (Å²) in [7, 11) is 0. The molecule has 1 aliphatic rings. The van der Waals surface area contributed by atoms with E-state index in [2.05, 4.69) is 0 Å². The Morgan fingerprint density at radius 1 is 1.47 bits per heavy atom. The minimum absolute atomic E-state index is 0.0356. The number of hydrogen-bond donors (Lipinski definition) is 2. The highest BCUT2D eigenvalue weighted by Gasteiger charge is 2.21. The Kier molecular flexibility index (Phi) is 3.23. The monoisotopic (exact) mass is 207 g/mol. The van der Waals surface area contributed by atoms with E-state index in [1.165, 1.54) is 12.8 Å². The van der Waals surface area contributed by atoms with Crippen LogP contribution in [0.2, 0.25) is 0 Å². The molecule has 1 saturated carbocycles. The molecule has 0 aliphatic heterocycles. The van der Waals surface area contributed by atoms with Crippen molar-refractivity contribution in [3.05, 3.63) is 29.8 Å². The molecule has 1 atom stereocenters. The highest BCUT2D eigenvalue weighted by atomic mass is 16.5. The molecule has 0 saturated heterocycles. The second-order valence-corrected chi connectivity index (χ2v) is 4.12. The van der Waals surface area contributed by atoms with E-state index >= 15 is 0 Å². The molecule has 1 aromatic carbocycles. The molecule has 82 valence electrons. The fourth-order valence-electron chi connectivity index (χ4n) is 1.44. The van der Waals surface area contributed by atoms with E-state index in [0.717, 1.165) is 23.8 Å². The maximum absolute atomic E-state index is 8.94. The second kappa shape index (κ2) is 4.64. The summed E-state index contributed by atoms with van der Waals surface area (Å²) in [6.45, 7) is 0.768. The van der Waals surface area contributed by atoms with Crippen LogP contribution in [0.25, 0.3) is 0 Å². The van der Waals surface area contributed by atoms with Crippen molar-refractivity contribution in [2.75, 3.05) is 13.2 Å². The lowest BCUT2D eigenvalue weighted by Gasteiger charge is -2.11. The van der Waals surface area contributed by atoms with Crippen molar-refractivity contribution < 1.29 is 9.84 Å². The smallest absolute Gasteiger partial charge is 0.119 e. The first-order valence-electron chi connectivity index (χ1n) is 5.39. The summed E-state index contributed by atoms with van der Waals surface area (Å²) in [6, 6.07) is 7.34. The van der Waals surface area contributed by atoms with Gasteiger partial charge in [0.2, 0.25) is 0 Å². The van der Waals surface area contributed by atoms with E-state index in [-0.39, 0.29) is 12.6 Å². The van der Waals surface area contributed by atoms with Crippen molar-refractivity contribution in [2.45, 2.75) is 18.9 Å². The average Bonchev–Trinajstić information content (AvgIpc) is 3.09. The number of aliphatic hydroxyl groups excluding tert-OH is 1. The van der Waals surface area contributed by atoms with E-state index in [9.17, 15) is 0 Å². The number of ether oxygens (including phenoxy) is 1. The van der Waals surface area contributed by atoms with Crippen LogP contribution in [-0.4, -0.2) is 18.3 Å². The molecule has 0 heterocycles. The fraction of sp³-hybridized carbons (Fsp3) is 0.500. The van der Waals surface area contributed by atoms with E-state index < -0.39 is 0 Å². The predicted molar refractivity (Wildman–Crippen MR) is 58.7 cm³/mol. The number of nitrogens with two attached hydrogens (primary N) is 1. The van der Waals surface area contributed by atoms with Gasteiger partial charge in [-0.25, -0.2) is 0 Å². The van der Waals surface area contributed by atoms with Crippen LogP contribution < -0.4 is 10.5 Å². The minimum atomic E-state index is -0.311. The Morgan fingerprint density at radius 3 is 2.93 bits per heavy atom. The van der Waals surface area contributed by atoms with Crippen LogP contribution in [0.5, 0.6) is 5.75 Å². The van der Waals surface area contributed by atoms with Crippen LogP contribution in [0.4, 0.5) is 0 Å². The van der Waals surface area contributed by atoms with Crippen molar-refractivity contribution in [3.63, 3.8) is 0 Å². The van der Waals surface area contributed by atoms with Crippen molar-refractivity contribution in [2.24, 2.45) is 11.7 Å². The molecular weight excluding hydrogens is 190 g/mol. The summed E-state index contributed by atoms with van der Waals surface area (Å²) in [5, 5.41) is 8.94. The molecule has 3 nitrogen and oxygen atoms in total. The van der Waals surface area contributed by atoms with Gasteiger partial charge in [0.15, 0.2) is 0 Å². The van der Waals surface area contributed by atoms with Crippen LogP contribution in [-0.2, 0) is 0 Å². The standard InChI is InChI=1S/C12H17NO2/c13-12(7-14)10-2-1-3-11(6-10)15-8-9-4-5-9/h1-3,6,9,12,14H,4-5,7-8,13H2.